The lowest BCUT2D eigenvalue weighted by atomic mass is 9.91. The molecule has 0 aromatic carbocycles. The van der Waals surface area contributed by atoms with Crippen LogP contribution in [0.3, 0.4) is 0 Å². The molecule has 0 spiro atoms. The molecular weight excluding hydrogens is 326 g/mol. The molecule has 7 nitrogen and oxygen atoms in total. The largest absolute Gasteiger partial charge is 0.368 e. The quantitative estimate of drug-likeness (QED) is 0.848. The maximum Gasteiger partial charge on any atom is 0.225 e. The van der Waals surface area contributed by atoms with Crippen molar-refractivity contribution in [2.45, 2.75) is 57.0 Å². The van der Waals surface area contributed by atoms with Crippen LogP contribution in [0.1, 0.15) is 44.2 Å². The fourth-order valence-electron chi connectivity index (χ4n) is 3.72. The van der Waals surface area contributed by atoms with Crippen LogP contribution in [0.25, 0.3) is 11.3 Å². The molecule has 0 saturated heterocycles. The average molecular weight is 353 g/mol. The van der Waals surface area contributed by atoms with E-state index in [0.717, 1.165) is 60.9 Å². The fourth-order valence-corrected chi connectivity index (χ4v) is 3.72. The highest BCUT2D eigenvalue weighted by Gasteiger charge is 2.26. The standard InChI is InChI=1S/C19H27N7/c1-26(14-6-4-13(20)5-7-14)19-22-9-8-16(25-19)15-11-23-18(21)24-17(15)10-12-2-3-12/h8-9,11-14H,2-7,10,20H2,1H3,(H2,21,23,24). The third-order valence-corrected chi connectivity index (χ3v) is 5.59. The highest BCUT2D eigenvalue weighted by atomic mass is 15.3. The molecule has 2 aliphatic carbocycles. The van der Waals surface area contributed by atoms with Crippen LogP contribution in [-0.4, -0.2) is 39.1 Å². The van der Waals surface area contributed by atoms with Gasteiger partial charge >= 0.3 is 0 Å². The van der Waals surface area contributed by atoms with E-state index in [4.69, 9.17) is 16.5 Å². The van der Waals surface area contributed by atoms with Crippen molar-refractivity contribution in [1.29, 1.82) is 0 Å². The van der Waals surface area contributed by atoms with Gasteiger partial charge in [0.15, 0.2) is 0 Å². The second kappa shape index (κ2) is 7.15. The molecule has 2 aliphatic rings. The molecule has 2 heterocycles. The number of hydrogen-bond donors (Lipinski definition) is 2. The number of nitrogen functional groups attached to an aromatic ring is 1. The maximum absolute atomic E-state index is 6.04. The van der Waals surface area contributed by atoms with Crippen LogP contribution in [0.2, 0.25) is 0 Å². The smallest absolute Gasteiger partial charge is 0.225 e. The summed E-state index contributed by atoms with van der Waals surface area (Å²) >= 11 is 0. The predicted molar refractivity (Wildman–Crippen MR) is 103 cm³/mol. The van der Waals surface area contributed by atoms with Crippen molar-refractivity contribution < 1.29 is 0 Å². The van der Waals surface area contributed by atoms with Crippen LogP contribution in [0.5, 0.6) is 0 Å². The van der Waals surface area contributed by atoms with Crippen LogP contribution >= 0.6 is 0 Å². The summed E-state index contributed by atoms with van der Waals surface area (Å²) in [4.78, 5) is 20.2. The van der Waals surface area contributed by atoms with Crippen molar-refractivity contribution in [2.75, 3.05) is 17.7 Å². The molecule has 0 unspecified atom stereocenters. The normalized spacial score (nSPS) is 23.0. The molecular formula is C19H27N7. The SMILES string of the molecule is CN(c1nccc(-c2cnc(N)nc2CC2CC2)n1)C1CCC(N)CC1. The van der Waals surface area contributed by atoms with Gasteiger partial charge in [0.2, 0.25) is 11.9 Å². The molecule has 0 radical (unpaired) electrons. The van der Waals surface area contributed by atoms with E-state index < -0.39 is 0 Å². The zero-order valence-electron chi connectivity index (χ0n) is 15.3. The number of rotatable bonds is 5. The van der Waals surface area contributed by atoms with Gasteiger partial charge in [-0.2, -0.15) is 0 Å². The summed E-state index contributed by atoms with van der Waals surface area (Å²) in [6.45, 7) is 0. The summed E-state index contributed by atoms with van der Waals surface area (Å²) in [5.41, 5.74) is 14.7. The van der Waals surface area contributed by atoms with Crippen LogP contribution in [-0.2, 0) is 6.42 Å². The van der Waals surface area contributed by atoms with Gasteiger partial charge in [-0.1, -0.05) is 0 Å². The van der Waals surface area contributed by atoms with E-state index >= 15 is 0 Å². The Morgan fingerprint density at radius 1 is 1.08 bits per heavy atom. The Morgan fingerprint density at radius 2 is 1.85 bits per heavy atom. The van der Waals surface area contributed by atoms with Crippen molar-refractivity contribution in [2.24, 2.45) is 11.7 Å². The molecule has 4 rings (SSSR count). The molecule has 7 heteroatoms. The second-order valence-corrected chi connectivity index (χ2v) is 7.66. The summed E-state index contributed by atoms with van der Waals surface area (Å²) in [6, 6.07) is 2.71. The van der Waals surface area contributed by atoms with Crippen molar-refractivity contribution >= 4 is 11.9 Å². The minimum absolute atomic E-state index is 0.328. The monoisotopic (exact) mass is 353 g/mol. The molecule has 2 aromatic rings. The Kier molecular flexibility index (Phi) is 4.72. The van der Waals surface area contributed by atoms with Crippen molar-refractivity contribution in [3.63, 3.8) is 0 Å². The number of anilines is 2. The molecule has 4 N–H and O–H groups in total. The van der Waals surface area contributed by atoms with Crippen molar-refractivity contribution in [1.82, 2.24) is 19.9 Å². The Hall–Kier alpha value is -2.28. The maximum atomic E-state index is 6.04. The van der Waals surface area contributed by atoms with Gasteiger partial charge < -0.3 is 16.4 Å². The van der Waals surface area contributed by atoms with Crippen LogP contribution in [0, 0.1) is 5.92 Å². The van der Waals surface area contributed by atoms with Gasteiger partial charge in [-0.3, -0.25) is 0 Å². The van der Waals surface area contributed by atoms with Gasteiger partial charge in [0.05, 0.1) is 11.4 Å². The lowest BCUT2D eigenvalue weighted by Gasteiger charge is -2.33. The summed E-state index contributed by atoms with van der Waals surface area (Å²) < 4.78 is 0. The summed E-state index contributed by atoms with van der Waals surface area (Å²) in [7, 11) is 2.07. The van der Waals surface area contributed by atoms with Crippen LogP contribution < -0.4 is 16.4 Å². The van der Waals surface area contributed by atoms with Gasteiger partial charge in [-0.15, -0.1) is 0 Å². The van der Waals surface area contributed by atoms with Crippen molar-refractivity contribution in [3.05, 3.63) is 24.2 Å². The van der Waals surface area contributed by atoms with E-state index in [9.17, 15) is 0 Å². The van der Waals surface area contributed by atoms with Crippen molar-refractivity contribution in [3.8, 4) is 11.3 Å². The van der Waals surface area contributed by atoms with Crippen LogP contribution in [0.4, 0.5) is 11.9 Å². The van der Waals surface area contributed by atoms with Crippen LogP contribution in [0.15, 0.2) is 18.5 Å². The number of nitrogens with two attached hydrogens (primary N) is 2. The minimum atomic E-state index is 0.328. The first-order chi connectivity index (χ1) is 12.6. The summed E-state index contributed by atoms with van der Waals surface area (Å²) in [5.74, 6) is 1.80. The fraction of sp³-hybridized carbons (Fsp3) is 0.579. The van der Waals surface area contributed by atoms with E-state index in [1.54, 1.807) is 6.20 Å². The molecule has 0 bridgehead atoms. The first-order valence-corrected chi connectivity index (χ1v) is 9.53. The predicted octanol–water partition coefficient (Wildman–Crippen LogP) is 2.17. The van der Waals surface area contributed by atoms with Gasteiger partial charge in [0.25, 0.3) is 0 Å². The molecule has 138 valence electrons. The van der Waals surface area contributed by atoms with E-state index in [-0.39, 0.29) is 0 Å². The van der Waals surface area contributed by atoms with E-state index in [1.165, 1.54) is 12.8 Å². The third kappa shape index (κ3) is 3.77. The van der Waals surface area contributed by atoms with E-state index in [0.29, 0.717) is 18.0 Å². The molecule has 0 amide bonds. The minimum Gasteiger partial charge on any atom is -0.368 e. The van der Waals surface area contributed by atoms with E-state index in [1.807, 2.05) is 12.3 Å². The Bertz CT molecular complexity index is 766. The van der Waals surface area contributed by atoms with Gasteiger partial charge in [-0.25, -0.2) is 19.9 Å². The van der Waals surface area contributed by atoms with Gasteiger partial charge in [0.1, 0.15) is 0 Å². The molecule has 0 atom stereocenters. The lowest BCUT2D eigenvalue weighted by molar-refractivity contribution is 0.382. The third-order valence-electron chi connectivity index (χ3n) is 5.59. The zero-order valence-corrected chi connectivity index (χ0v) is 15.3. The van der Waals surface area contributed by atoms with Gasteiger partial charge in [-0.05, 0) is 56.9 Å². The summed E-state index contributed by atoms with van der Waals surface area (Å²) in [6.07, 6.45) is 11.4. The lowest BCUT2D eigenvalue weighted by Crippen LogP contribution is -2.39. The highest BCUT2D eigenvalue weighted by molar-refractivity contribution is 5.62. The number of nitrogens with zero attached hydrogens (tertiary/aromatic N) is 5. The Morgan fingerprint density at radius 3 is 2.58 bits per heavy atom. The highest BCUT2D eigenvalue weighted by Crippen LogP contribution is 2.35. The Balaban J connectivity index is 1.59. The summed E-state index contributed by atoms with van der Waals surface area (Å²) in [5, 5.41) is 0. The van der Waals surface area contributed by atoms with Gasteiger partial charge in [0, 0.05) is 37.1 Å². The topological polar surface area (TPSA) is 107 Å². The Labute approximate surface area is 154 Å². The zero-order chi connectivity index (χ0) is 18.1. The molecule has 26 heavy (non-hydrogen) atoms. The molecule has 2 saturated carbocycles. The first kappa shape index (κ1) is 17.1. The van der Waals surface area contributed by atoms with E-state index in [2.05, 4.69) is 26.9 Å². The molecule has 0 aliphatic heterocycles. The number of hydrogen-bond acceptors (Lipinski definition) is 7. The molecule has 2 fully saturated rings. The first-order valence-electron chi connectivity index (χ1n) is 9.53. The molecule has 2 aromatic heterocycles. The average Bonchev–Trinajstić information content (AvgIpc) is 3.46. The number of aromatic nitrogens is 4. The second-order valence-electron chi connectivity index (χ2n) is 7.66.